The molecule has 0 unspecified atom stereocenters. The minimum absolute atomic E-state index is 0.0155. The molecule has 4 aromatic rings. The van der Waals surface area contributed by atoms with Crippen molar-refractivity contribution in [3.8, 4) is 0 Å². The number of aromatic nitrogens is 4. The number of benzene rings is 1. The Balaban J connectivity index is 1.50. The molecule has 0 fully saturated rings. The lowest BCUT2D eigenvalue weighted by atomic mass is 10.1. The summed E-state index contributed by atoms with van der Waals surface area (Å²) in [5.74, 6) is 1.31. The molecule has 0 aliphatic heterocycles. The van der Waals surface area contributed by atoms with Gasteiger partial charge in [-0.1, -0.05) is 19.1 Å². The first-order chi connectivity index (χ1) is 14.1. The molecule has 29 heavy (non-hydrogen) atoms. The van der Waals surface area contributed by atoms with Crippen molar-refractivity contribution in [2.75, 3.05) is 5.32 Å². The Morgan fingerprint density at radius 2 is 2.07 bits per heavy atom. The van der Waals surface area contributed by atoms with Crippen LogP contribution in [-0.2, 0) is 24.2 Å². The van der Waals surface area contributed by atoms with Gasteiger partial charge in [0.2, 0.25) is 11.7 Å². The highest BCUT2D eigenvalue weighted by molar-refractivity contribution is 7.17. The molecule has 0 atom stereocenters. The number of anilines is 1. The monoisotopic (exact) mass is 409 g/mol. The lowest BCUT2D eigenvalue weighted by Crippen LogP contribution is -2.21. The van der Waals surface area contributed by atoms with Crippen molar-refractivity contribution in [1.82, 2.24) is 19.2 Å². The van der Waals surface area contributed by atoms with E-state index in [2.05, 4.69) is 22.4 Å². The van der Waals surface area contributed by atoms with Gasteiger partial charge in [-0.25, -0.2) is 0 Å². The van der Waals surface area contributed by atoms with Crippen LogP contribution in [0.3, 0.4) is 0 Å². The molecule has 7 nitrogen and oxygen atoms in total. The van der Waals surface area contributed by atoms with E-state index in [1.807, 2.05) is 47.0 Å². The normalized spacial score (nSPS) is 11.4. The number of nitrogens with one attached hydrogen (secondary N) is 1. The Morgan fingerprint density at radius 1 is 1.21 bits per heavy atom. The molecule has 0 radical (unpaired) electrons. The Labute approximate surface area is 172 Å². The lowest BCUT2D eigenvalue weighted by molar-refractivity contribution is -0.116. The predicted octanol–water partition coefficient (Wildman–Crippen LogP) is 3.65. The van der Waals surface area contributed by atoms with E-state index < -0.39 is 0 Å². The summed E-state index contributed by atoms with van der Waals surface area (Å²) in [4.78, 5) is 24.9. The fourth-order valence-electron chi connectivity index (χ4n) is 3.53. The fourth-order valence-corrected chi connectivity index (χ4v) is 4.35. The number of amides is 1. The third-order valence-corrected chi connectivity index (χ3v) is 5.91. The zero-order valence-corrected chi connectivity index (χ0v) is 17.3. The van der Waals surface area contributed by atoms with E-state index in [0.717, 1.165) is 23.4 Å². The molecule has 8 heteroatoms. The minimum Gasteiger partial charge on any atom is -0.326 e. The quantitative estimate of drug-likeness (QED) is 0.505. The van der Waals surface area contributed by atoms with Gasteiger partial charge in [0.05, 0.1) is 5.52 Å². The Hall–Kier alpha value is -3.00. The number of aryl methyl sites for hydroxylation is 3. The number of carbonyl (C=O) groups is 1. The van der Waals surface area contributed by atoms with Gasteiger partial charge in [-0.2, -0.15) is 0 Å². The van der Waals surface area contributed by atoms with Gasteiger partial charge < -0.3 is 5.32 Å². The third kappa shape index (κ3) is 3.67. The second-order valence-corrected chi connectivity index (χ2v) is 7.81. The molecule has 0 saturated heterocycles. The molecule has 3 heterocycles. The molecular formula is C21H23N5O2S. The van der Waals surface area contributed by atoms with Crippen LogP contribution in [0.25, 0.3) is 16.0 Å². The van der Waals surface area contributed by atoms with Crippen LogP contribution in [0, 0.1) is 0 Å². The standard InChI is InChI=1S/C21H23N5O2S/c1-3-14-7-5-8-15(13-14)22-18(27)10-6-9-17-23-24-21-25(4-2)20(28)19-16(26(17)21)11-12-29-19/h5,7-8,11-13H,3-4,6,9-10H2,1-2H3,(H,22,27). The Morgan fingerprint density at radius 3 is 2.86 bits per heavy atom. The van der Waals surface area contributed by atoms with Crippen molar-refractivity contribution in [1.29, 1.82) is 0 Å². The average Bonchev–Trinajstić information content (AvgIpc) is 3.36. The first kappa shape index (κ1) is 19.3. The number of hydrogen-bond acceptors (Lipinski definition) is 5. The molecule has 0 aliphatic carbocycles. The predicted molar refractivity (Wildman–Crippen MR) is 116 cm³/mol. The number of nitrogens with zero attached hydrogens (tertiary/aromatic N) is 4. The van der Waals surface area contributed by atoms with Crippen LogP contribution in [-0.4, -0.2) is 25.1 Å². The lowest BCUT2D eigenvalue weighted by Gasteiger charge is -2.08. The van der Waals surface area contributed by atoms with Crippen LogP contribution in [0.4, 0.5) is 5.69 Å². The van der Waals surface area contributed by atoms with Crippen molar-refractivity contribution in [3.05, 3.63) is 57.5 Å². The third-order valence-electron chi connectivity index (χ3n) is 5.02. The largest absolute Gasteiger partial charge is 0.326 e. The summed E-state index contributed by atoms with van der Waals surface area (Å²) in [5.41, 5.74) is 2.83. The summed E-state index contributed by atoms with van der Waals surface area (Å²) in [5, 5.41) is 13.4. The first-order valence-electron chi connectivity index (χ1n) is 9.85. The number of carbonyl (C=O) groups excluding carboxylic acids is 1. The Kier molecular flexibility index (Phi) is 5.44. The van der Waals surface area contributed by atoms with Crippen molar-refractivity contribution in [2.24, 2.45) is 0 Å². The van der Waals surface area contributed by atoms with Gasteiger partial charge in [0.1, 0.15) is 10.5 Å². The van der Waals surface area contributed by atoms with E-state index in [4.69, 9.17) is 0 Å². The highest BCUT2D eigenvalue weighted by atomic mass is 32.1. The van der Waals surface area contributed by atoms with Gasteiger partial charge >= 0.3 is 0 Å². The molecule has 0 aliphatic rings. The van der Waals surface area contributed by atoms with E-state index in [-0.39, 0.29) is 11.5 Å². The summed E-state index contributed by atoms with van der Waals surface area (Å²) < 4.78 is 4.29. The van der Waals surface area contributed by atoms with Crippen LogP contribution in [0.15, 0.2) is 40.5 Å². The highest BCUT2D eigenvalue weighted by Gasteiger charge is 2.16. The number of hydrogen-bond donors (Lipinski definition) is 1. The van der Waals surface area contributed by atoms with Gasteiger partial charge in [-0.15, -0.1) is 21.5 Å². The summed E-state index contributed by atoms with van der Waals surface area (Å²) >= 11 is 1.43. The van der Waals surface area contributed by atoms with Crippen LogP contribution in [0.2, 0.25) is 0 Å². The molecule has 1 amide bonds. The van der Waals surface area contributed by atoms with Crippen LogP contribution in [0.1, 0.15) is 38.1 Å². The first-order valence-corrected chi connectivity index (χ1v) is 10.7. The summed E-state index contributed by atoms with van der Waals surface area (Å²) in [6.07, 6.45) is 2.59. The van der Waals surface area contributed by atoms with Crippen molar-refractivity contribution < 1.29 is 4.79 Å². The zero-order valence-electron chi connectivity index (χ0n) is 16.5. The Bertz CT molecular complexity index is 1240. The maximum Gasteiger partial charge on any atom is 0.272 e. The molecule has 3 aromatic heterocycles. The topological polar surface area (TPSA) is 81.3 Å². The molecule has 1 aromatic carbocycles. The maximum atomic E-state index is 12.6. The van der Waals surface area contributed by atoms with Crippen LogP contribution in [0.5, 0.6) is 0 Å². The van der Waals surface area contributed by atoms with Gasteiger partial charge in [0, 0.05) is 25.1 Å². The van der Waals surface area contributed by atoms with Crippen molar-refractivity contribution in [3.63, 3.8) is 0 Å². The number of rotatable bonds is 7. The molecule has 0 spiro atoms. The van der Waals surface area contributed by atoms with Gasteiger partial charge in [0.15, 0.2) is 0 Å². The summed E-state index contributed by atoms with van der Waals surface area (Å²) in [7, 11) is 0. The summed E-state index contributed by atoms with van der Waals surface area (Å²) in [6, 6.07) is 9.83. The van der Waals surface area contributed by atoms with E-state index >= 15 is 0 Å². The second-order valence-electron chi connectivity index (χ2n) is 6.89. The SMILES string of the molecule is CCc1cccc(NC(=O)CCCc2nnc3n(CC)c(=O)c4sccc4n23)c1. The number of thiophene rings is 1. The molecule has 1 N–H and O–H groups in total. The molecular weight excluding hydrogens is 386 g/mol. The summed E-state index contributed by atoms with van der Waals surface area (Å²) in [6.45, 7) is 4.55. The van der Waals surface area contributed by atoms with E-state index in [1.165, 1.54) is 16.9 Å². The van der Waals surface area contributed by atoms with Crippen LogP contribution < -0.4 is 10.9 Å². The van der Waals surface area contributed by atoms with Gasteiger partial charge in [0.25, 0.3) is 5.56 Å². The number of fused-ring (bicyclic) bond motifs is 3. The molecule has 4 rings (SSSR count). The van der Waals surface area contributed by atoms with Crippen LogP contribution >= 0.6 is 11.3 Å². The van der Waals surface area contributed by atoms with E-state index in [1.54, 1.807) is 4.57 Å². The smallest absolute Gasteiger partial charge is 0.272 e. The minimum atomic E-state index is -0.0300. The fraction of sp³-hybridized carbons (Fsp3) is 0.333. The molecule has 150 valence electrons. The average molecular weight is 410 g/mol. The zero-order chi connectivity index (χ0) is 20.4. The van der Waals surface area contributed by atoms with E-state index in [0.29, 0.717) is 36.3 Å². The maximum absolute atomic E-state index is 12.6. The second kappa shape index (κ2) is 8.16. The van der Waals surface area contributed by atoms with Crippen molar-refractivity contribution in [2.45, 2.75) is 46.1 Å². The molecule has 0 bridgehead atoms. The van der Waals surface area contributed by atoms with Crippen molar-refractivity contribution >= 4 is 38.9 Å². The highest BCUT2D eigenvalue weighted by Crippen LogP contribution is 2.20. The van der Waals surface area contributed by atoms with Gasteiger partial charge in [-0.3, -0.25) is 18.6 Å². The molecule has 0 saturated carbocycles. The van der Waals surface area contributed by atoms with Gasteiger partial charge in [-0.05, 0) is 48.9 Å². The van der Waals surface area contributed by atoms with E-state index in [9.17, 15) is 9.59 Å².